The summed E-state index contributed by atoms with van der Waals surface area (Å²) in [6.07, 6.45) is 2.60. The Morgan fingerprint density at radius 2 is 1.73 bits per heavy atom. The van der Waals surface area contributed by atoms with E-state index in [2.05, 4.69) is 51.9 Å². The van der Waals surface area contributed by atoms with Crippen LogP contribution in [0.5, 0.6) is 5.75 Å². The Balaban J connectivity index is 0.00000196. The van der Waals surface area contributed by atoms with Gasteiger partial charge in [-0.25, -0.2) is 9.97 Å². The number of aromatic nitrogens is 2. The van der Waals surface area contributed by atoms with Crippen molar-refractivity contribution in [2.45, 2.75) is 13.3 Å². The van der Waals surface area contributed by atoms with E-state index < -0.39 is 0 Å². The third-order valence-corrected chi connectivity index (χ3v) is 5.06. The molecular formula is C20H18ClN3OS. The summed E-state index contributed by atoms with van der Waals surface area (Å²) in [7, 11) is 0. The second kappa shape index (κ2) is 7.72. The number of thiophene rings is 1. The van der Waals surface area contributed by atoms with Crippen LogP contribution in [0, 0.1) is 0 Å². The minimum absolute atomic E-state index is 0. The number of anilines is 2. The number of phenolic OH excluding ortho intramolecular Hbond substituents is 1. The van der Waals surface area contributed by atoms with Crippen LogP contribution in [0.15, 0.2) is 60.2 Å². The van der Waals surface area contributed by atoms with Gasteiger partial charge in [0.1, 0.15) is 22.7 Å². The summed E-state index contributed by atoms with van der Waals surface area (Å²) in [5.74, 6) is 1.01. The van der Waals surface area contributed by atoms with Crippen LogP contribution in [-0.4, -0.2) is 15.1 Å². The molecule has 2 aromatic heterocycles. The number of nitrogens with zero attached hydrogens (tertiary/aromatic N) is 2. The van der Waals surface area contributed by atoms with Gasteiger partial charge in [-0.2, -0.15) is 0 Å². The maximum atomic E-state index is 9.45. The summed E-state index contributed by atoms with van der Waals surface area (Å²) >= 11 is 1.61. The molecule has 0 unspecified atom stereocenters. The third kappa shape index (κ3) is 3.49. The average molecular weight is 384 g/mol. The largest absolute Gasteiger partial charge is 0.508 e. The van der Waals surface area contributed by atoms with Crippen molar-refractivity contribution >= 4 is 45.5 Å². The lowest BCUT2D eigenvalue weighted by Crippen LogP contribution is -1.95. The normalized spacial score (nSPS) is 10.5. The standard InChI is InChI=1S/C20H17N3OS.ClH/c1-2-13-3-5-14(6-4-13)17-11-25-20-18(17)19(21-12-22-20)23-15-7-9-16(24)10-8-15;/h3-12,24H,2H2,1H3,(H,21,22,23);1H. The molecule has 6 heteroatoms. The first-order chi connectivity index (χ1) is 12.2. The van der Waals surface area contributed by atoms with Crippen LogP contribution >= 0.6 is 23.7 Å². The number of benzene rings is 2. The average Bonchev–Trinajstić information content (AvgIpc) is 3.09. The lowest BCUT2D eigenvalue weighted by molar-refractivity contribution is 0.475. The van der Waals surface area contributed by atoms with Crippen LogP contribution < -0.4 is 5.32 Å². The molecule has 0 spiro atoms. The molecule has 2 N–H and O–H groups in total. The van der Waals surface area contributed by atoms with Gasteiger partial charge in [-0.05, 0) is 41.8 Å². The van der Waals surface area contributed by atoms with Crippen LogP contribution in [-0.2, 0) is 6.42 Å². The Morgan fingerprint density at radius 3 is 2.42 bits per heavy atom. The molecule has 0 radical (unpaired) electrons. The van der Waals surface area contributed by atoms with Gasteiger partial charge in [-0.1, -0.05) is 31.2 Å². The van der Waals surface area contributed by atoms with Gasteiger partial charge in [0.25, 0.3) is 0 Å². The Morgan fingerprint density at radius 1 is 1.00 bits per heavy atom. The summed E-state index contributed by atoms with van der Waals surface area (Å²) in [4.78, 5) is 9.79. The van der Waals surface area contributed by atoms with Gasteiger partial charge in [0, 0.05) is 16.6 Å². The summed E-state index contributed by atoms with van der Waals surface area (Å²) in [6, 6.07) is 15.6. The van der Waals surface area contributed by atoms with Gasteiger partial charge in [-0.3, -0.25) is 0 Å². The number of aryl methyl sites for hydroxylation is 1. The fraction of sp³-hybridized carbons (Fsp3) is 0.100. The summed E-state index contributed by atoms with van der Waals surface area (Å²) in [5, 5.41) is 15.9. The molecule has 2 aromatic carbocycles. The van der Waals surface area contributed by atoms with Gasteiger partial charge in [0.05, 0.1) is 5.39 Å². The summed E-state index contributed by atoms with van der Waals surface area (Å²) in [5.41, 5.74) is 4.48. The monoisotopic (exact) mass is 383 g/mol. The van der Waals surface area contributed by atoms with E-state index in [-0.39, 0.29) is 18.2 Å². The van der Waals surface area contributed by atoms with E-state index >= 15 is 0 Å². The van der Waals surface area contributed by atoms with Crippen molar-refractivity contribution in [3.8, 4) is 16.9 Å². The second-order valence-electron chi connectivity index (χ2n) is 5.77. The smallest absolute Gasteiger partial charge is 0.143 e. The van der Waals surface area contributed by atoms with Crippen LogP contribution in [0.2, 0.25) is 0 Å². The van der Waals surface area contributed by atoms with Gasteiger partial charge < -0.3 is 10.4 Å². The highest BCUT2D eigenvalue weighted by Crippen LogP contribution is 2.37. The van der Waals surface area contributed by atoms with Crippen molar-refractivity contribution in [1.82, 2.24) is 9.97 Å². The number of hydrogen-bond donors (Lipinski definition) is 2. The zero-order valence-electron chi connectivity index (χ0n) is 14.1. The number of rotatable bonds is 4. The molecule has 26 heavy (non-hydrogen) atoms. The third-order valence-electron chi connectivity index (χ3n) is 4.17. The SMILES string of the molecule is CCc1ccc(-c2csc3ncnc(Nc4ccc(O)cc4)c23)cc1.Cl. The zero-order chi connectivity index (χ0) is 17.2. The van der Waals surface area contributed by atoms with Crippen molar-refractivity contribution in [3.05, 3.63) is 65.8 Å². The van der Waals surface area contributed by atoms with Crippen molar-refractivity contribution < 1.29 is 5.11 Å². The Labute approximate surface area is 162 Å². The van der Waals surface area contributed by atoms with Crippen molar-refractivity contribution in [3.63, 3.8) is 0 Å². The van der Waals surface area contributed by atoms with Gasteiger partial charge >= 0.3 is 0 Å². The summed E-state index contributed by atoms with van der Waals surface area (Å²) in [6.45, 7) is 2.16. The van der Waals surface area contributed by atoms with E-state index in [9.17, 15) is 5.11 Å². The first-order valence-corrected chi connectivity index (χ1v) is 9.00. The van der Waals surface area contributed by atoms with E-state index in [1.54, 1.807) is 29.8 Å². The molecule has 0 saturated carbocycles. The predicted molar refractivity (Wildman–Crippen MR) is 111 cm³/mol. The number of halogens is 1. The maximum absolute atomic E-state index is 9.45. The number of hydrogen-bond acceptors (Lipinski definition) is 5. The molecule has 0 aliphatic rings. The van der Waals surface area contributed by atoms with Gasteiger partial charge in [-0.15, -0.1) is 23.7 Å². The van der Waals surface area contributed by atoms with Gasteiger partial charge in [0.2, 0.25) is 0 Å². The molecule has 132 valence electrons. The van der Waals surface area contributed by atoms with E-state index in [1.165, 1.54) is 5.56 Å². The molecule has 4 rings (SSSR count). The van der Waals surface area contributed by atoms with Crippen LogP contribution in [0.3, 0.4) is 0 Å². The first-order valence-electron chi connectivity index (χ1n) is 8.12. The van der Waals surface area contributed by atoms with E-state index in [1.807, 2.05) is 12.1 Å². The number of fused-ring (bicyclic) bond motifs is 1. The van der Waals surface area contributed by atoms with Crippen molar-refractivity contribution in [1.29, 1.82) is 0 Å². The highest BCUT2D eigenvalue weighted by atomic mass is 35.5. The minimum Gasteiger partial charge on any atom is -0.508 e. The molecule has 0 atom stereocenters. The van der Waals surface area contributed by atoms with E-state index in [0.717, 1.165) is 39.3 Å². The Bertz CT molecular complexity index is 1010. The molecule has 0 aliphatic heterocycles. The van der Waals surface area contributed by atoms with Crippen molar-refractivity contribution in [2.24, 2.45) is 0 Å². The fourth-order valence-electron chi connectivity index (χ4n) is 2.78. The number of aromatic hydroxyl groups is 1. The molecular weight excluding hydrogens is 366 g/mol. The van der Waals surface area contributed by atoms with Crippen LogP contribution in [0.25, 0.3) is 21.3 Å². The molecule has 0 aliphatic carbocycles. The van der Waals surface area contributed by atoms with Crippen LogP contribution in [0.4, 0.5) is 11.5 Å². The summed E-state index contributed by atoms with van der Waals surface area (Å²) < 4.78 is 0. The lowest BCUT2D eigenvalue weighted by Gasteiger charge is -2.09. The molecule has 0 saturated heterocycles. The second-order valence-corrected chi connectivity index (χ2v) is 6.63. The van der Waals surface area contributed by atoms with Crippen LogP contribution in [0.1, 0.15) is 12.5 Å². The molecule has 0 fully saturated rings. The van der Waals surface area contributed by atoms with Crippen molar-refractivity contribution in [2.75, 3.05) is 5.32 Å². The molecule has 2 heterocycles. The highest BCUT2D eigenvalue weighted by molar-refractivity contribution is 7.17. The molecule has 0 amide bonds. The predicted octanol–water partition coefficient (Wildman–Crippen LogP) is 5.79. The number of phenols is 1. The first kappa shape index (κ1) is 18.2. The Hall–Kier alpha value is -2.63. The highest BCUT2D eigenvalue weighted by Gasteiger charge is 2.13. The topological polar surface area (TPSA) is 58.0 Å². The molecule has 4 nitrogen and oxygen atoms in total. The number of nitrogens with one attached hydrogen (secondary N) is 1. The molecule has 4 aromatic rings. The molecule has 0 bridgehead atoms. The minimum atomic E-state index is 0. The maximum Gasteiger partial charge on any atom is 0.143 e. The fourth-order valence-corrected chi connectivity index (χ4v) is 3.70. The lowest BCUT2D eigenvalue weighted by atomic mass is 10.0. The van der Waals surface area contributed by atoms with E-state index in [4.69, 9.17) is 0 Å². The zero-order valence-corrected chi connectivity index (χ0v) is 15.8. The Kier molecular flexibility index (Phi) is 5.40. The quantitative estimate of drug-likeness (QED) is 0.438. The van der Waals surface area contributed by atoms with Gasteiger partial charge in [0.15, 0.2) is 0 Å². The van der Waals surface area contributed by atoms with E-state index in [0.29, 0.717) is 0 Å².